The van der Waals surface area contributed by atoms with Crippen molar-refractivity contribution in [2.24, 2.45) is 0 Å². The van der Waals surface area contributed by atoms with Gasteiger partial charge < -0.3 is 0 Å². The van der Waals surface area contributed by atoms with Gasteiger partial charge in [0.1, 0.15) is 0 Å². The van der Waals surface area contributed by atoms with E-state index in [0.29, 0.717) is 0 Å². The molecule has 0 aromatic rings. The molecule has 1 aliphatic rings. The SMILES string of the molecule is CCC1=CCC=CC(C)=C1. The van der Waals surface area contributed by atoms with Crippen LogP contribution in [0.2, 0.25) is 0 Å². The average molecular weight is 134 g/mol. The molecule has 0 saturated carbocycles. The van der Waals surface area contributed by atoms with E-state index < -0.39 is 0 Å². The summed E-state index contributed by atoms with van der Waals surface area (Å²) >= 11 is 0. The van der Waals surface area contributed by atoms with Gasteiger partial charge in [-0.1, -0.05) is 42.4 Å². The van der Waals surface area contributed by atoms with E-state index in [2.05, 4.69) is 38.2 Å². The Kier molecular flexibility index (Phi) is 2.49. The second-order valence-corrected chi connectivity index (χ2v) is 2.66. The van der Waals surface area contributed by atoms with Crippen molar-refractivity contribution in [2.75, 3.05) is 0 Å². The Morgan fingerprint density at radius 1 is 1.50 bits per heavy atom. The Morgan fingerprint density at radius 3 is 3.00 bits per heavy atom. The van der Waals surface area contributed by atoms with Crippen molar-refractivity contribution in [2.45, 2.75) is 26.7 Å². The molecule has 0 aromatic carbocycles. The second kappa shape index (κ2) is 3.40. The number of hydrogen-bond acceptors (Lipinski definition) is 0. The van der Waals surface area contributed by atoms with Gasteiger partial charge in [-0.25, -0.2) is 0 Å². The minimum absolute atomic E-state index is 1.09. The zero-order valence-corrected chi connectivity index (χ0v) is 6.72. The quantitative estimate of drug-likeness (QED) is 0.516. The molecular formula is C10H14. The van der Waals surface area contributed by atoms with Crippen LogP contribution in [0.3, 0.4) is 0 Å². The second-order valence-electron chi connectivity index (χ2n) is 2.66. The summed E-state index contributed by atoms with van der Waals surface area (Å²) in [6.07, 6.45) is 11.2. The minimum atomic E-state index is 1.09. The van der Waals surface area contributed by atoms with Crippen molar-refractivity contribution in [3.05, 3.63) is 35.5 Å². The molecule has 0 nitrogen and oxygen atoms in total. The van der Waals surface area contributed by atoms with Gasteiger partial charge in [-0.05, 0) is 19.8 Å². The predicted octanol–water partition coefficient (Wildman–Crippen LogP) is 3.23. The van der Waals surface area contributed by atoms with Gasteiger partial charge in [-0.3, -0.25) is 0 Å². The Hall–Kier alpha value is -0.780. The fraction of sp³-hybridized carbons (Fsp3) is 0.400. The maximum atomic E-state index is 2.28. The lowest BCUT2D eigenvalue weighted by atomic mass is 10.1. The van der Waals surface area contributed by atoms with Gasteiger partial charge in [-0.15, -0.1) is 0 Å². The molecule has 0 radical (unpaired) electrons. The maximum Gasteiger partial charge on any atom is -0.0160 e. The summed E-state index contributed by atoms with van der Waals surface area (Å²) in [6.45, 7) is 4.34. The highest BCUT2D eigenvalue weighted by Gasteiger charge is 1.92. The maximum absolute atomic E-state index is 2.28. The first-order valence-electron chi connectivity index (χ1n) is 3.87. The van der Waals surface area contributed by atoms with Crippen LogP contribution in [0, 0.1) is 0 Å². The number of rotatable bonds is 1. The van der Waals surface area contributed by atoms with Crippen LogP contribution in [-0.2, 0) is 0 Å². The molecule has 1 aliphatic carbocycles. The highest BCUT2D eigenvalue weighted by atomic mass is 14.0. The van der Waals surface area contributed by atoms with E-state index in [1.165, 1.54) is 11.1 Å². The molecule has 0 spiro atoms. The van der Waals surface area contributed by atoms with E-state index >= 15 is 0 Å². The summed E-state index contributed by atoms with van der Waals surface area (Å²) in [4.78, 5) is 0. The van der Waals surface area contributed by atoms with Crippen LogP contribution in [0.4, 0.5) is 0 Å². The molecule has 0 bridgehead atoms. The zero-order valence-electron chi connectivity index (χ0n) is 6.72. The van der Waals surface area contributed by atoms with Gasteiger partial charge in [0, 0.05) is 0 Å². The highest BCUT2D eigenvalue weighted by molar-refractivity contribution is 5.31. The van der Waals surface area contributed by atoms with Crippen molar-refractivity contribution >= 4 is 0 Å². The van der Waals surface area contributed by atoms with E-state index in [1.54, 1.807) is 0 Å². The molecule has 0 amide bonds. The van der Waals surface area contributed by atoms with E-state index in [9.17, 15) is 0 Å². The Morgan fingerprint density at radius 2 is 2.30 bits per heavy atom. The van der Waals surface area contributed by atoms with E-state index in [1.807, 2.05) is 0 Å². The monoisotopic (exact) mass is 134 g/mol. The topological polar surface area (TPSA) is 0 Å². The molecule has 0 N–H and O–H groups in total. The molecule has 0 heteroatoms. The molecular weight excluding hydrogens is 120 g/mol. The summed E-state index contributed by atoms with van der Waals surface area (Å²) in [5.41, 5.74) is 2.83. The minimum Gasteiger partial charge on any atom is -0.0805 e. The summed E-state index contributed by atoms with van der Waals surface area (Å²) < 4.78 is 0. The summed E-state index contributed by atoms with van der Waals surface area (Å²) in [5.74, 6) is 0. The van der Waals surface area contributed by atoms with Crippen LogP contribution in [0.1, 0.15) is 26.7 Å². The summed E-state index contributed by atoms with van der Waals surface area (Å²) in [5, 5.41) is 0. The first-order chi connectivity index (χ1) is 4.83. The Labute approximate surface area is 62.9 Å². The molecule has 0 fully saturated rings. The third-order valence-corrected chi connectivity index (χ3v) is 1.72. The Bertz CT molecular complexity index is 192. The highest BCUT2D eigenvalue weighted by Crippen LogP contribution is 2.12. The molecule has 54 valence electrons. The van der Waals surface area contributed by atoms with Gasteiger partial charge in [0.05, 0.1) is 0 Å². The molecule has 10 heavy (non-hydrogen) atoms. The summed E-state index contributed by atoms with van der Waals surface area (Å²) in [7, 11) is 0. The van der Waals surface area contributed by atoms with Crippen LogP contribution in [-0.4, -0.2) is 0 Å². The smallest absolute Gasteiger partial charge is 0.0160 e. The normalized spacial score (nSPS) is 17.8. The fourth-order valence-corrected chi connectivity index (χ4v) is 1.12. The van der Waals surface area contributed by atoms with Crippen molar-refractivity contribution < 1.29 is 0 Å². The van der Waals surface area contributed by atoms with Crippen LogP contribution in [0.15, 0.2) is 35.5 Å². The van der Waals surface area contributed by atoms with Gasteiger partial charge >= 0.3 is 0 Å². The van der Waals surface area contributed by atoms with Crippen LogP contribution in [0.25, 0.3) is 0 Å². The third-order valence-electron chi connectivity index (χ3n) is 1.72. The van der Waals surface area contributed by atoms with E-state index in [0.717, 1.165) is 12.8 Å². The standard InChI is InChI=1S/C10H14/c1-3-10-7-5-4-6-9(2)8-10/h4,6-8H,3,5H2,1-2H3. The van der Waals surface area contributed by atoms with Gasteiger partial charge in [-0.2, -0.15) is 0 Å². The number of allylic oxidation sites excluding steroid dienone is 6. The molecule has 1 rings (SSSR count). The van der Waals surface area contributed by atoms with Gasteiger partial charge in [0.25, 0.3) is 0 Å². The Balaban J connectivity index is 2.77. The third kappa shape index (κ3) is 1.87. The van der Waals surface area contributed by atoms with Gasteiger partial charge in [0.2, 0.25) is 0 Å². The van der Waals surface area contributed by atoms with Crippen molar-refractivity contribution in [3.8, 4) is 0 Å². The van der Waals surface area contributed by atoms with Crippen molar-refractivity contribution in [1.82, 2.24) is 0 Å². The lowest BCUT2D eigenvalue weighted by molar-refractivity contribution is 1.13. The zero-order chi connectivity index (χ0) is 7.40. The molecule has 0 heterocycles. The molecule has 0 saturated heterocycles. The lowest BCUT2D eigenvalue weighted by Gasteiger charge is -1.94. The molecule has 0 atom stereocenters. The lowest BCUT2D eigenvalue weighted by Crippen LogP contribution is -1.73. The first kappa shape index (κ1) is 7.33. The van der Waals surface area contributed by atoms with E-state index in [4.69, 9.17) is 0 Å². The van der Waals surface area contributed by atoms with Crippen molar-refractivity contribution in [3.63, 3.8) is 0 Å². The predicted molar refractivity (Wildman–Crippen MR) is 45.9 cm³/mol. The van der Waals surface area contributed by atoms with E-state index in [-0.39, 0.29) is 0 Å². The molecule has 0 unspecified atom stereocenters. The van der Waals surface area contributed by atoms with Crippen LogP contribution < -0.4 is 0 Å². The summed E-state index contributed by atoms with van der Waals surface area (Å²) in [6, 6.07) is 0. The first-order valence-corrected chi connectivity index (χ1v) is 3.87. The van der Waals surface area contributed by atoms with Crippen LogP contribution >= 0.6 is 0 Å². The van der Waals surface area contributed by atoms with Gasteiger partial charge in [0.15, 0.2) is 0 Å². The van der Waals surface area contributed by atoms with Crippen molar-refractivity contribution in [1.29, 1.82) is 0 Å². The average Bonchev–Trinajstić information content (AvgIpc) is 2.13. The molecule has 0 aromatic heterocycles. The van der Waals surface area contributed by atoms with Crippen LogP contribution in [0.5, 0.6) is 0 Å². The molecule has 0 aliphatic heterocycles. The largest absolute Gasteiger partial charge is 0.0805 e. The number of hydrogen-bond donors (Lipinski definition) is 0. The fourth-order valence-electron chi connectivity index (χ4n) is 1.12.